The van der Waals surface area contributed by atoms with Gasteiger partial charge in [0.05, 0.1) is 25.1 Å². The molecule has 0 aromatic carbocycles. The summed E-state index contributed by atoms with van der Waals surface area (Å²) in [5.74, 6) is 1.55. The molecule has 0 atom stereocenters. The number of carbonyl (C=O) groups is 2. The number of amides is 1. The van der Waals surface area contributed by atoms with Crippen molar-refractivity contribution in [3.8, 4) is 0 Å². The molecule has 1 aliphatic rings. The zero-order chi connectivity index (χ0) is 20.4. The molecule has 29 heavy (non-hydrogen) atoms. The number of thioether (sulfide) groups is 1. The van der Waals surface area contributed by atoms with Crippen molar-refractivity contribution in [3.05, 3.63) is 53.1 Å². The van der Waals surface area contributed by atoms with Crippen LogP contribution in [-0.2, 0) is 17.9 Å². The van der Waals surface area contributed by atoms with Crippen molar-refractivity contribution in [2.45, 2.75) is 45.0 Å². The Kier molecular flexibility index (Phi) is 5.57. The number of furan rings is 1. The van der Waals surface area contributed by atoms with Gasteiger partial charge in [-0.2, -0.15) is 0 Å². The van der Waals surface area contributed by atoms with Crippen LogP contribution in [0.1, 0.15) is 46.2 Å². The minimum atomic E-state index is 0.00302. The number of hydrogen-bond acceptors (Lipinski definition) is 7. The molecule has 4 rings (SSSR count). The summed E-state index contributed by atoms with van der Waals surface area (Å²) in [7, 11) is 0. The monoisotopic (exact) mass is 414 g/mol. The van der Waals surface area contributed by atoms with E-state index in [4.69, 9.17) is 8.83 Å². The van der Waals surface area contributed by atoms with Crippen LogP contribution in [0.15, 0.2) is 38.5 Å². The molecule has 1 aliphatic heterocycles. The highest BCUT2D eigenvalue weighted by atomic mass is 32.2. The molecule has 0 bridgehead atoms. The molecule has 1 amide bonds. The number of likely N-dealkylation sites (tertiary alicyclic amines) is 1. The Hall–Kier alpha value is -2.81. The van der Waals surface area contributed by atoms with Gasteiger partial charge in [0.2, 0.25) is 11.8 Å². The molecule has 0 spiro atoms. The highest BCUT2D eigenvalue weighted by Gasteiger charge is 2.23. The van der Waals surface area contributed by atoms with Gasteiger partial charge in [-0.15, -0.1) is 10.2 Å². The molecule has 8 nitrogen and oxygen atoms in total. The van der Waals surface area contributed by atoms with Crippen LogP contribution in [-0.4, -0.2) is 43.7 Å². The predicted molar refractivity (Wildman–Crippen MR) is 106 cm³/mol. The lowest BCUT2D eigenvalue weighted by Crippen LogP contribution is -2.23. The number of Topliss-reactive ketones (excluding diaryl/α,β-unsaturated/α-hetero) is 1. The van der Waals surface area contributed by atoms with Gasteiger partial charge >= 0.3 is 0 Å². The topological polar surface area (TPSA) is 94.4 Å². The van der Waals surface area contributed by atoms with Gasteiger partial charge < -0.3 is 18.3 Å². The smallest absolute Gasteiger partial charge is 0.277 e. The Balaban J connectivity index is 1.37. The van der Waals surface area contributed by atoms with Gasteiger partial charge in [-0.05, 0) is 38.5 Å². The van der Waals surface area contributed by atoms with E-state index < -0.39 is 0 Å². The van der Waals surface area contributed by atoms with E-state index in [0.717, 1.165) is 30.1 Å². The van der Waals surface area contributed by atoms with Gasteiger partial charge in [0.1, 0.15) is 5.76 Å². The second-order valence-electron chi connectivity index (χ2n) is 7.04. The maximum Gasteiger partial charge on any atom is 0.277 e. The third-order valence-corrected chi connectivity index (χ3v) is 5.86. The van der Waals surface area contributed by atoms with Gasteiger partial charge in [-0.25, -0.2) is 0 Å². The number of nitrogens with zero attached hydrogens (tertiary/aromatic N) is 4. The molecule has 3 aromatic heterocycles. The molecule has 0 unspecified atom stereocenters. The molecule has 0 N–H and O–H groups in total. The van der Waals surface area contributed by atoms with Crippen molar-refractivity contribution >= 4 is 23.5 Å². The van der Waals surface area contributed by atoms with E-state index in [0.29, 0.717) is 36.2 Å². The van der Waals surface area contributed by atoms with E-state index in [1.54, 1.807) is 11.2 Å². The van der Waals surface area contributed by atoms with Crippen molar-refractivity contribution < 1.29 is 18.4 Å². The zero-order valence-electron chi connectivity index (χ0n) is 16.4. The Morgan fingerprint density at radius 1 is 1.28 bits per heavy atom. The lowest BCUT2D eigenvalue weighted by molar-refractivity contribution is -0.128. The number of aromatic nitrogens is 3. The molecule has 1 saturated heterocycles. The molecule has 0 radical (unpaired) electrons. The average Bonchev–Trinajstić information content (AvgIpc) is 3.48. The highest BCUT2D eigenvalue weighted by molar-refractivity contribution is 7.99. The molecular weight excluding hydrogens is 392 g/mol. The Morgan fingerprint density at radius 2 is 2.14 bits per heavy atom. The largest absolute Gasteiger partial charge is 0.467 e. The standard InChI is InChI=1S/C20H22N4O4S/c1-13-9-16(14(2)24(13)10-15-5-4-8-27-15)17(25)12-29-20-22-21-18(28-20)11-23-7-3-6-19(23)26/h4-5,8-9H,3,6-7,10-12H2,1-2H3. The Bertz CT molecular complexity index is 1020. The zero-order valence-corrected chi connectivity index (χ0v) is 17.2. The first-order valence-electron chi connectivity index (χ1n) is 9.46. The number of hydrogen-bond donors (Lipinski definition) is 0. The van der Waals surface area contributed by atoms with Crippen LogP contribution in [0.4, 0.5) is 0 Å². The van der Waals surface area contributed by atoms with Crippen LogP contribution in [0.2, 0.25) is 0 Å². The van der Waals surface area contributed by atoms with Crippen LogP contribution >= 0.6 is 11.8 Å². The fourth-order valence-electron chi connectivity index (χ4n) is 3.49. The van der Waals surface area contributed by atoms with E-state index in [2.05, 4.69) is 14.8 Å². The summed E-state index contributed by atoms with van der Waals surface area (Å²) in [4.78, 5) is 26.1. The normalized spacial score (nSPS) is 14.1. The van der Waals surface area contributed by atoms with Crippen molar-refractivity contribution in [1.29, 1.82) is 0 Å². The molecule has 0 aliphatic carbocycles. The Morgan fingerprint density at radius 3 is 2.86 bits per heavy atom. The maximum absolute atomic E-state index is 12.7. The van der Waals surface area contributed by atoms with Gasteiger partial charge in [-0.1, -0.05) is 11.8 Å². The van der Waals surface area contributed by atoms with Crippen molar-refractivity contribution in [1.82, 2.24) is 19.7 Å². The molecule has 4 heterocycles. The lowest BCUT2D eigenvalue weighted by atomic mass is 10.2. The van der Waals surface area contributed by atoms with E-state index in [-0.39, 0.29) is 17.4 Å². The SMILES string of the molecule is Cc1cc(C(=O)CSc2nnc(CN3CCCC3=O)o2)c(C)n1Cc1ccco1. The highest BCUT2D eigenvalue weighted by Crippen LogP contribution is 2.23. The summed E-state index contributed by atoms with van der Waals surface area (Å²) in [6, 6.07) is 5.67. The molecule has 0 saturated carbocycles. The first-order chi connectivity index (χ1) is 14.0. The van der Waals surface area contributed by atoms with Gasteiger partial charge in [-0.3, -0.25) is 9.59 Å². The van der Waals surface area contributed by atoms with Gasteiger partial charge in [0.15, 0.2) is 5.78 Å². The number of ketones is 1. The van der Waals surface area contributed by atoms with Crippen LogP contribution in [0.25, 0.3) is 0 Å². The molecule has 3 aromatic rings. The van der Waals surface area contributed by atoms with E-state index in [1.165, 1.54) is 11.8 Å². The lowest BCUT2D eigenvalue weighted by Gasteiger charge is -2.11. The number of carbonyl (C=O) groups excluding carboxylic acids is 2. The summed E-state index contributed by atoms with van der Waals surface area (Å²) >= 11 is 1.21. The van der Waals surface area contributed by atoms with Crippen LogP contribution in [0, 0.1) is 13.8 Å². The summed E-state index contributed by atoms with van der Waals surface area (Å²) in [6.07, 6.45) is 3.08. The van der Waals surface area contributed by atoms with Crippen LogP contribution in [0.3, 0.4) is 0 Å². The summed E-state index contributed by atoms with van der Waals surface area (Å²) in [5.41, 5.74) is 2.59. The van der Waals surface area contributed by atoms with Crippen molar-refractivity contribution in [2.75, 3.05) is 12.3 Å². The average molecular weight is 414 g/mol. The summed E-state index contributed by atoms with van der Waals surface area (Å²) in [5, 5.41) is 8.31. The minimum absolute atomic E-state index is 0.00302. The molecule has 9 heteroatoms. The van der Waals surface area contributed by atoms with Crippen molar-refractivity contribution in [2.24, 2.45) is 0 Å². The van der Waals surface area contributed by atoms with E-state index in [9.17, 15) is 9.59 Å². The molecule has 152 valence electrons. The Labute approximate surface area is 172 Å². The minimum Gasteiger partial charge on any atom is -0.467 e. The van der Waals surface area contributed by atoms with E-state index >= 15 is 0 Å². The second kappa shape index (κ2) is 8.28. The van der Waals surface area contributed by atoms with E-state index in [1.807, 2.05) is 32.0 Å². The molecular formula is C20H22N4O4S. The van der Waals surface area contributed by atoms with Gasteiger partial charge in [0.25, 0.3) is 5.22 Å². The maximum atomic E-state index is 12.7. The fraction of sp³-hybridized carbons (Fsp3) is 0.400. The third kappa shape index (κ3) is 4.29. The first kappa shape index (κ1) is 19.5. The predicted octanol–water partition coefficient (Wildman–Crippen LogP) is 3.23. The van der Waals surface area contributed by atoms with Crippen molar-refractivity contribution in [3.63, 3.8) is 0 Å². The first-order valence-corrected chi connectivity index (χ1v) is 10.4. The number of rotatable bonds is 8. The number of aryl methyl sites for hydroxylation is 1. The van der Waals surface area contributed by atoms with Crippen LogP contribution < -0.4 is 0 Å². The van der Waals surface area contributed by atoms with Crippen LogP contribution in [0.5, 0.6) is 0 Å². The van der Waals surface area contributed by atoms with Gasteiger partial charge in [0, 0.05) is 29.9 Å². The fourth-order valence-corrected chi connectivity index (χ4v) is 4.15. The second-order valence-corrected chi connectivity index (χ2v) is 7.97. The summed E-state index contributed by atoms with van der Waals surface area (Å²) < 4.78 is 13.1. The summed E-state index contributed by atoms with van der Waals surface area (Å²) in [6.45, 7) is 5.55. The third-order valence-electron chi connectivity index (χ3n) is 5.04. The molecule has 1 fully saturated rings. The quantitative estimate of drug-likeness (QED) is 0.412.